The zero-order valence-electron chi connectivity index (χ0n) is 18.7. The predicted octanol–water partition coefficient (Wildman–Crippen LogP) is 5.38. The third kappa shape index (κ3) is 5.21. The Labute approximate surface area is 194 Å². The molecule has 1 atom stereocenters. The Balaban J connectivity index is 1.71. The number of aryl methyl sites for hydroxylation is 1. The SMILES string of the molecule is CCOc1ccc([C@@H](c2cc(CC)sc2NC(=O)c2ccccc2)N2CCOCC2)cc1. The van der Waals surface area contributed by atoms with E-state index >= 15 is 0 Å². The number of anilines is 1. The highest BCUT2D eigenvalue weighted by Gasteiger charge is 2.28. The summed E-state index contributed by atoms with van der Waals surface area (Å²) in [6, 6.07) is 20.0. The summed E-state index contributed by atoms with van der Waals surface area (Å²) in [6.07, 6.45) is 0.929. The van der Waals surface area contributed by atoms with Gasteiger partial charge in [-0.2, -0.15) is 0 Å². The van der Waals surface area contributed by atoms with E-state index in [1.54, 1.807) is 11.3 Å². The standard InChI is InChI=1S/C26H30N2O3S/c1-3-22-18-23(26(32-22)27-25(29)20-8-6-5-7-9-20)24(28-14-16-30-17-15-28)19-10-12-21(13-11-19)31-4-2/h5-13,18,24H,3-4,14-17H2,1-2H3,(H,27,29)/t24-/m0/s1. The minimum Gasteiger partial charge on any atom is -0.494 e. The molecule has 1 aliphatic heterocycles. The minimum absolute atomic E-state index is 0.0391. The Bertz CT molecular complexity index is 1010. The van der Waals surface area contributed by atoms with Crippen LogP contribution in [0.3, 0.4) is 0 Å². The first-order chi connectivity index (χ1) is 15.7. The number of hydrogen-bond donors (Lipinski definition) is 1. The quantitative estimate of drug-likeness (QED) is 0.500. The fourth-order valence-corrected chi connectivity index (χ4v) is 5.06. The van der Waals surface area contributed by atoms with Crippen molar-refractivity contribution < 1.29 is 14.3 Å². The molecule has 1 N–H and O–H groups in total. The number of nitrogens with one attached hydrogen (secondary N) is 1. The summed E-state index contributed by atoms with van der Waals surface area (Å²) < 4.78 is 11.3. The lowest BCUT2D eigenvalue weighted by molar-refractivity contribution is 0.0241. The van der Waals surface area contributed by atoms with Gasteiger partial charge in [0, 0.05) is 29.1 Å². The van der Waals surface area contributed by atoms with Gasteiger partial charge in [0.15, 0.2) is 0 Å². The third-order valence-electron chi connectivity index (χ3n) is 5.64. The fraction of sp³-hybridized carbons (Fsp3) is 0.346. The number of amides is 1. The van der Waals surface area contributed by atoms with Crippen LogP contribution in [-0.4, -0.2) is 43.7 Å². The number of hydrogen-bond acceptors (Lipinski definition) is 5. The summed E-state index contributed by atoms with van der Waals surface area (Å²) in [7, 11) is 0. The highest BCUT2D eigenvalue weighted by Crippen LogP contribution is 2.40. The first kappa shape index (κ1) is 22.5. The van der Waals surface area contributed by atoms with Gasteiger partial charge in [0.25, 0.3) is 5.91 Å². The number of ether oxygens (including phenoxy) is 2. The Morgan fingerprint density at radius 2 is 1.81 bits per heavy atom. The number of morpholine rings is 1. The molecule has 4 rings (SSSR count). The van der Waals surface area contributed by atoms with Crippen molar-refractivity contribution in [1.82, 2.24) is 4.90 Å². The molecular formula is C26H30N2O3S. The maximum atomic E-state index is 13.0. The van der Waals surface area contributed by atoms with Gasteiger partial charge in [0.05, 0.1) is 25.9 Å². The maximum absolute atomic E-state index is 13.0. The smallest absolute Gasteiger partial charge is 0.256 e. The van der Waals surface area contributed by atoms with Gasteiger partial charge in [-0.3, -0.25) is 9.69 Å². The largest absolute Gasteiger partial charge is 0.494 e. The molecule has 0 radical (unpaired) electrons. The van der Waals surface area contributed by atoms with Gasteiger partial charge in [-0.05, 0) is 49.2 Å². The zero-order chi connectivity index (χ0) is 22.3. The van der Waals surface area contributed by atoms with Crippen molar-refractivity contribution in [3.05, 3.63) is 82.2 Å². The van der Waals surface area contributed by atoms with Crippen molar-refractivity contribution >= 4 is 22.2 Å². The van der Waals surface area contributed by atoms with Gasteiger partial charge in [0.1, 0.15) is 10.8 Å². The molecule has 1 saturated heterocycles. The van der Waals surface area contributed by atoms with Crippen LogP contribution in [0.15, 0.2) is 60.7 Å². The Morgan fingerprint density at radius 1 is 1.09 bits per heavy atom. The lowest BCUT2D eigenvalue weighted by Crippen LogP contribution is -2.39. The van der Waals surface area contributed by atoms with Gasteiger partial charge in [-0.25, -0.2) is 0 Å². The van der Waals surface area contributed by atoms with Crippen LogP contribution in [0.2, 0.25) is 0 Å². The molecule has 0 unspecified atom stereocenters. The molecule has 2 aromatic carbocycles. The summed E-state index contributed by atoms with van der Waals surface area (Å²) in [5, 5.41) is 4.12. The van der Waals surface area contributed by atoms with Crippen LogP contribution in [0, 0.1) is 0 Å². The first-order valence-electron chi connectivity index (χ1n) is 11.2. The van der Waals surface area contributed by atoms with E-state index in [0.717, 1.165) is 35.8 Å². The lowest BCUT2D eigenvalue weighted by Gasteiger charge is -2.35. The number of benzene rings is 2. The summed E-state index contributed by atoms with van der Waals surface area (Å²) in [6.45, 7) is 7.91. The van der Waals surface area contributed by atoms with Gasteiger partial charge in [-0.15, -0.1) is 11.3 Å². The highest BCUT2D eigenvalue weighted by atomic mass is 32.1. The van der Waals surface area contributed by atoms with E-state index in [9.17, 15) is 4.79 Å². The molecule has 168 valence electrons. The molecule has 1 fully saturated rings. The van der Waals surface area contributed by atoms with Crippen LogP contribution >= 0.6 is 11.3 Å². The average Bonchev–Trinajstić information content (AvgIpc) is 3.24. The van der Waals surface area contributed by atoms with Crippen LogP contribution in [0.25, 0.3) is 0 Å². The second-order valence-electron chi connectivity index (χ2n) is 7.72. The first-order valence-corrected chi connectivity index (χ1v) is 12.0. The van der Waals surface area contributed by atoms with Gasteiger partial charge >= 0.3 is 0 Å². The number of carbonyl (C=O) groups is 1. The summed E-state index contributed by atoms with van der Waals surface area (Å²) in [5.74, 6) is 0.790. The van der Waals surface area contributed by atoms with E-state index in [0.29, 0.717) is 25.4 Å². The monoisotopic (exact) mass is 450 g/mol. The molecule has 0 bridgehead atoms. The van der Waals surface area contributed by atoms with Crippen LogP contribution in [0.5, 0.6) is 5.75 Å². The van der Waals surface area contributed by atoms with E-state index in [-0.39, 0.29) is 11.9 Å². The van der Waals surface area contributed by atoms with Crippen molar-refractivity contribution in [1.29, 1.82) is 0 Å². The third-order valence-corrected chi connectivity index (χ3v) is 6.85. The van der Waals surface area contributed by atoms with Crippen LogP contribution in [-0.2, 0) is 11.2 Å². The van der Waals surface area contributed by atoms with Crippen molar-refractivity contribution in [2.24, 2.45) is 0 Å². The van der Waals surface area contributed by atoms with E-state index in [2.05, 4.69) is 35.3 Å². The van der Waals surface area contributed by atoms with E-state index in [1.165, 1.54) is 10.4 Å². The van der Waals surface area contributed by atoms with Gasteiger partial charge < -0.3 is 14.8 Å². The molecule has 0 spiro atoms. The topological polar surface area (TPSA) is 50.8 Å². The van der Waals surface area contributed by atoms with Crippen LogP contribution in [0.1, 0.15) is 46.3 Å². The maximum Gasteiger partial charge on any atom is 0.256 e. The van der Waals surface area contributed by atoms with Gasteiger partial charge in [0.2, 0.25) is 0 Å². The number of carbonyl (C=O) groups excluding carboxylic acids is 1. The van der Waals surface area contributed by atoms with E-state index in [1.807, 2.05) is 49.4 Å². The average molecular weight is 451 g/mol. The van der Waals surface area contributed by atoms with E-state index in [4.69, 9.17) is 9.47 Å². The van der Waals surface area contributed by atoms with Crippen LogP contribution < -0.4 is 10.1 Å². The molecule has 5 nitrogen and oxygen atoms in total. The van der Waals surface area contributed by atoms with Crippen molar-refractivity contribution in [2.45, 2.75) is 26.3 Å². The molecule has 3 aromatic rings. The summed E-state index contributed by atoms with van der Waals surface area (Å²) in [5.41, 5.74) is 2.99. The number of nitrogens with zero attached hydrogens (tertiary/aromatic N) is 1. The molecule has 1 aromatic heterocycles. The normalized spacial score (nSPS) is 15.3. The Morgan fingerprint density at radius 3 is 2.47 bits per heavy atom. The number of thiophene rings is 1. The molecule has 1 aliphatic rings. The van der Waals surface area contributed by atoms with Crippen molar-refractivity contribution in [3.63, 3.8) is 0 Å². The lowest BCUT2D eigenvalue weighted by atomic mass is 9.97. The fourth-order valence-electron chi connectivity index (χ4n) is 4.03. The predicted molar refractivity (Wildman–Crippen MR) is 130 cm³/mol. The Hall–Kier alpha value is -2.67. The highest BCUT2D eigenvalue weighted by molar-refractivity contribution is 7.16. The Kier molecular flexibility index (Phi) is 7.58. The summed E-state index contributed by atoms with van der Waals surface area (Å²) in [4.78, 5) is 16.7. The number of rotatable bonds is 8. The van der Waals surface area contributed by atoms with Crippen LogP contribution in [0.4, 0.5) is 5.00 Å². The molecule has 0 saturated carbocycles. The molecule has 0 aliphatic carbocycles. The second-order valence-corrected chi connectivity index (χ2v) is 8.86. The van der Waals surface area contributed by atoms with Crippen molar-refractivity contribution in [2.75, 3.05) is 38.2 Å². The zero-order valence-corrected chi connectivity index (χ0v) is 19.5. The molecule has 2 heterocycles. The van der Waals surface area contributed by atoms with E-state index < -0.39 is 0 Å². The summed E-state index contributed by atoms with van der Waals surface area (Å²) >= 11 is 1.67. The second kappa shape index (κ2) is 10.8. The minimum atomic E-state index is -0.0798. The molecule has 32 heavy (non-hydrogen) atoms. The molecular weight excluding hydrogens is 420 g/mol. The molecule has 6 heteroatoms. The van der Waals surface area contributed by atoms with Crippen molar-refractivity contribution in [3.8, 4) is 5.75 Å². The molecule has 1 amide bonds. The van der Waals surface area contributed by atoms with Gasteiger partial charge in [-0.1, -0.05) is 37.3 Å².